The van der Waals surface area contributed by atoms with Crippen LogP contribution in [0.2, 0.25) is 0 Å². The van der Waals surface area contributed by atoms with Gasteiger partial charge in [-0.2, -0.15) is 0 Å². The first-order valence-corrected chi connectivity index (χ1v) is 6.16. The number of carboxylic acid groups (broad SMARTS) is 1. The molecule has 0 saturated carbocycles. The molecule has 6 nitrogen and oxygen atoms in total. The van der Waals surface area contributed by atoms with Gasteiger partial charge in [0.05, 0.1) is 11.3 Å². The number of benzene rings is 1. The van der Waals surface area contributed by atoms with E-state index in [0.717, 1.165) is 19.4 Å². The summed E-state index contributed by atoms with van der Waals surface area (Å²) in [6.07, 6.45) is 2.32. The molecule has 0 aromatic heterocycles. The van der Waals surface area contributed by atoms with Crippen LogP contribution in [-0.4, -0.2) is 34.7 Å². The highest BCUT2D eigenvalue weighted by Crippen LogP contribution is 2.24. The zero-order valence-corrected chi connectivity index (χ0v) is 10.3. The molecule has 0 aliphatic carbocycles. The third kappa shape index (κ3) is 3.45. The van der Waals surface area contributed by atoms with Crippen LogP contribution in [0.1, 0.15) is 29.6 Å². The molecule has 102 valence electrons. The molecule has 1 fully saturated rings. The van der Waals surface area contributed by atoms with Crippen LogP contribution in [0.4, 0.5) is 5.69 Å². The van der Waals surface area contributed by atoms with E-state index in [1.807, 2.05) is 0 Å². The Kier molecular flexibility index (Phi) is 4.01. The quantitative estimate of drug-likeness (QED) is 0.612. The van der Waals surface area contributed by atoms with E-state index in [2.05, 4.69) is 10.6 Å². The third-order valence-electron chi connectivity index (χ3n) is 3.11. The zero-order chi connectivity index (χ0) is 13.8. The lowest BCUT2D eigenvalue weighted by Crippen LogP contribution is -2.27. The predicted molar refractivity (Wildman–Crippen MR) is 69.3 cm³/mol. The molecule has 1 aromatic rings. The van der Waals surface area contributed by atoms with E-state index >= 15 is 0 Å². The smallest absolute Gasteiger partial charge is 0.335 e. The molecule has 1 heterocycles. The Bertz CT molecular complexity index is 495. The van der Waals surface area contributed by atoms with Gasteiger partial charge in [0, 0.05) is 12.5 Å². The van der Waals surface area contributed by atoms with Crippen LogP contribution in [0.15, 0.2) is 18.2 Å². The Morgan fingerprint density at radius 2 is 2.21 bits per heavy atom. The highest BCUT2D eigenvalue weighted by molar-refractivity contribution is 5.95. The molecule has 1 unspecified atom stereocenters. The number of hydrogen-bond acceptors (Lipinski definition) is 4. The molecule has 1 amide bonds. The molecular weight excluding hydrogens is 248 g/mol. The highest BCUT2D eigenvalue weighted by Gasteiger charge is 2.18. The number of anilines is 1. The summed E-state index contributed by atoms with van der Waals surface area (Å²) in [5.74, 6) is -1.48. The minimum Gasteiger partial charge on any atom is -0.506 e. The van der Waals surface area contributed by atoms with Gasteiger partial charge in [0.1, 0.15) is 5.75 Å². The normalized spacial score (nSPS) is 18.2. The minimum absolute atomic E-state index is 0.0205. The number of carbonyl (C=O) groups excluding carboxylic acids is 1. The second-order valence-electron chi connectivity index (χ2n) is 4.58. The zero-order valence-electron chi connectivity index (χ0n) is 10.3. The van der Waals surface area contributed by atoms with Crippen LogP contribution in [0.25, 0.3) is 0 Å². The van der Waals surface area contributed by atoms with E-state index in [0.29, 0.717) is 6.42 Å². The Hall–Kier alpha value is -2.08. The van der Waals surface area contributed by atoms with Gasteiger partial charge in [-0.1, -0.05) is 0 Å². The highest BCUT2D eigenvalue weighted by atomic mass is 16.4. The lowest BCUT2D eigenvalue weighted by molar-refractivity contribution is -0.116. The fraction of sp³-hybridized carbons (Fsp3) is 0.385. The fourth-order valence-corrected chi connectivity index (χ4v) is 2.13. The van der Waals surface area contributed by atoms with Crippen molar-refractivity contribution < 1.29 is 19.8 Å². The molecule has 0 radical (unpaired) electrons. The maximum Gasteiger partial charge on any atom is 0.335 e. The van der Waals surface area contributed by atoms with Crippen LogP contribution in [-0.2, 0) is 4.79 Å². The van der Waals surface area contributed by atoms with Gasteiger partial charge in [-0.25, -0.2) is 4.79 Å². The van der Waals surface area contributed by atoms with Gasteiger partial charge in [0.25, 0.3) is 0 Å². The van der Waals surface area contributed by atoms with Crippen LogP contribution < -0.4 is 10.6 Å². The number of carboxylic acids is 1. The SMILES string of the molecule is O=C(CC1CCCN1)Nc1cc(C(=O)O)ccc1O. The van der Waals surface area contributed by atoms with Crippen molar-refractivity contribution in [2.24, 2.45) is 0 Å². The number of amides is 1. The van der Waals surface area contributed by atoms with Crippen molar-refractivity contribution in [2.75, 3.05) is 11.9 Å². The van der Waals surface area contributed by atoms with Crippen LogP contribution in [0.3, 0.4) is 0 Å². The average Bonchev–Trinajstić information content (AvgIpc) is 2.84. The van der Waals surface area contributed by atoms with Crippen molar-refractivity contribution in [1.82, 2.24) is 5.32 Å². The molecule has 1 aliphatic rings. The summed E-state index contributed by atoms with van der Waals surface area (Å²) >= 11 is 0. The summed E-state index contributed by atoms with van der Waals surface area (Å²) in [7, 11) is 0. The largest absolute Gasteiger partial charge is 0.506 e. The summed E-state index contributed by atoms with van der Waals surface area (Å²) < 4.78 is 0. The van der Waals surface area contributed by atoms with E-state index in [1.165, 1.54) is 18.2 Å². The summed E-state index contributed by atoms with van der Waals surface area (Å²) in [6, 6.07) is 3.95. The lowest BCUT2D eigenvalue weighted by atomic mass is 10.1. The van der Waals surface area contributed by atoms with Crippen molar-refractivity contribution in [1.29, 1.82) is 0 Å². The predicted octanol–water partition coefficient (Wildman–Crippen LogP) is 1.17. The summed E-state index contributed by atoms with van der Waals surface area (Å²) in [5.41, 5.74) is 0.148. The van der Waals surface area contributed by atoms with E-state index in [-0.39, 0.29) is 28.9 Å². The number of aromatic carboxylic acids is 1. The maximum atomic E-state index is 11.8. The molecule has 1 atom stereocenters. The number of phenolic OH excluding ortho intramolecular Hbond substituents is 1. The van der Waals surface area contributed by atoms with Gasteiger partial charge >= 0.3 is 5.97 Å². The summed E-state index contributed by atoms with van der Waals surface area (Å²) in [6.45, 7) is 0.914. The van der Waals surface area contributed by atoms with Crippen LogP contribution in [0.5, 0.6) is 5.75 Å². The molecule has 4 N–H and O–H groups in total. The molecule has 0 spiro atoms. The number of carbonyl (C=O) groups is 2. The first-order chi connectivity index (χ1) is 9.06. The van der Waals surface area contributed by atoms with Crippen molar-refractivity contribution in [3.8, 4) is 5.75 Å². The van der Waals surface area contributed by atoms with Gasteiger partial charge in [-0.3, -0.25) is 4.79 Å². The molecular formula is C13H16N2O4. The number of hydrogen-bond donors (Lipinski definition) is 4. The van der Waals surface area contributed by atoms with Crippen molar-refractivity contribution >= 4 is 17.6 Å². The summed E-state index contributed by atoms with van der Waals surface area (Å²) in [5, 5.41) is 24.2. The Labute approximate surface area is 110 Å². The summed E-state index contributed by atoms with van der Waals surface area (Å²) in [4.78, 5) is 22.6. The number of aromatic hydroxyl groups is 1. The second-order valence-corrected chi connectivity index (χ2v) is 4.58. The van der Waals surface area contributed by atoms with Gasteiger partial charge in [-0.05, 0) is 37.6 Å². The molecule has 0 bridgehead atoms. The van der Waals surface area contributed by atoms with Crippen molar-refractivity contribution in [3.63, 3.8) is 0 Å². The maximum absolute atomic E-state index is 11.8. The molecule has 1 aromatic carbocycles. The van der Waals surface area contributed by atoms with Crippen molar-refractivity contribution in [2.45, 2.75) is 25.3 Å². The molecule has 6 heteroatoms. The van der Waals surface area contributed by atoms with E-state index in [4.69, 9.17) is 5.11 Å². The third-order valence-corrected chi connectivity index (χ3v) is 3.11. The standard InChI is InChI=1S/C13H16N2O4/c16-11-4-3-8(13(18)19)6-10(11)15-12(17)7-9-2-1-5-14-9/h3-4,6,9,14,16H,1-2,5,7H2,(H,15,17)(H,18,19). The first-order valence-electron chi connectivity index (χ1n) is 6.16. The average molecular weight is 264 g/mol. The van der Waals surface area contributed by atoms with Gasteiger partial charge in [0.15, 0.2) is 0 Å². The van der Waals surface area contributed by atoms with Crippen molar-refractivity contribution in [3.05, 3.63) is 23.8 Å². The minimum atomic E-state index is -1.10. The van der Waals surface area contributed by atoms with Gasteiger partial charge in [0.2, 0.25) is 5.91 Å². The van der Waals surface area contributed by atoms with Crippen LogP contribution in [0, 0.1) is 0 Å². The number of nitrogens with one attached hydrogen (secondary N) is 2. The molecule has 19 heavy (non-hydrogen) atoms. The Morgan fingerprint density at radius 3 is 2.84 bits per heavy atom. The number of rotatable bonds is 4. The Balaban J connectivity index is 2.02. The molecule has 1 aliphatic heterocycles. The van der Waals surface area contributed by atoms with Gasteiger partial charge < -0.3 is 20.8 Å². The lowest BCUT2D eigenvalue weighted by Gasteiger charge is -2.11. The second kappa shape index (κ2) is 5.71. The number of phenols is 1. The first kappa shape index (κ1) is 13.4. The topological polar surface area (TPSA) is 98.7 Å². The van der Waals surface area contributed by atoms with E-state index in [1.54, 1.807) is 0 Å². The molecule has 2 rings (SSSR count). The van der Waals surface area contributed by atoms with E-state index < -0.39 is 5.97 Å². The fourth-order valence-electron chi connectivity index (χ4n) is 2.13. The molecule has 1 saturated heterocycles. The van der Waals surface area contributed by atoms with Gasteiger partial charge in [-0.15, -0.1) is 0 Å². The monoisotopic (exact) mass is 264 g/mol. The Morgan fingerprint density at radius 1 is 1.42 bits per heavy atom. The van der Waals surface area contributed by atoms with E-state index in [9.17, 15) is 14.7 Å². The van der Waals surface area contributed by atoms with Crippen LogP contribution >= 0.6 is 0 Å².